The highest BCUT2D eigenvalue weighted by Gasteiger charge is 2.23. The summed E-state index contributed by atoms with van der Waals surface area (Å²) in [6.45, 7) is 16.6. The molecule has 0 fully saturated rings. The molecule has 50 heavy (non-hydrogen) atoms. The number of hydrogen-bond acceptors (Lipinski definition) is 7. The quantitative estimate of drug-likeness (QED) is 0.112. The van der Waals surface area contributed by atoms with Crippen LogP contribution in [0.2, 0.25) is 0 Å². The molecular weight excluding hydrogens is 619 g/mol. The number of pyridine rings is 4. The van der Waals surface area contributed by atoms with Crippen LogP contribution in [0.5, 0.6) is 0 Å². The van der Waals surface area contributed by atoms with Crippen molar-refractivity contribution < 1.29 is 4.79 Å². The molecule has 0 unspecified atom stereocenters. The number of aromatic nitrogens is 4. The van der Waals surface area contributed by atoms with E-state index < -0.39 is 0 Å². The van der Waals surface area contributed by atoms with E-state index in [1.165, 1.54) is 44.5 Å². The van der Waals surface area contributed by atoms with Gasteiger partial charge in [0.25, 0.3) is 5.91 Å². The van der Waals surface area contributed by atoms with E-state index in [-0.39, 0.29) is 5.91 Å². The topological polar surface area (TPSA) is 105 Å². The average molecular weight is 666 g/mol. The van der Waals surface area contributed by atoms with Crippen molar-refractivity contribution in [2.75, 3.05) is 10.6 Å². The molecule has 1 amide bonds. The first kappa shape index (κ1) is 34.5. The van der Waals surface area contributed by atoms with Crippen molar-refractivity contribution in [3.05, 3.63) is 128 Å². The van der Waals surface area contributed by atoms with Crippen LogP contribution in [0.4, 0.5) is 11.6 Å². The lowest BCUT2D eigenvalue weighted by Crippen LogP contribution is -2.27. The number of carbonyl (C=O) groups is 1. The summed E-state index contributed by atoms with van der Waals surface area (Å²) in [5.74, 6) is 1.52. The second kappa shape index (κ2) is 15.0. The summed E-state index contributed by atoms with van der Waals surface area (Å²) in [5.41, 5.74) is 13.8. The minimum Gasteiger partial charge on any atom is -0.366 e. The standard InChI is InChI=1S/C42H47N7O/c1-8-31-34(22-44-38-20-25(4)18-27(6)47-38)32(9-2)36(33(10-3)35(31)23-45-39-21-26(5)19-28(7)48-39)24-46-42(50)37-16-15-30-14-13-29-12-11-17-43-40(29)41(30)49-37/h11-21H,8-10,22-24H2,1-7H3,(H,44,47)(H,45,48)(H,46,50). The maximum absolute atomic E-state index is 13.8. The summed E-state index contributed by atoms with van der Waals surface area (Å²) >= 11 is 0. The minimum absolute atomic E-state index is 0.207. The van der Waals surface area contributed by atoms with Gasteiger partial charge in [0, 0.05) is 48.0 Å². The zero-order valence-electron chi connectivity index (χ0n) is 30.3. The molecule has 0 spiro atoms. The number of nitrogens with one attached hydrogen (secondary N) is 3. The molecule has 0 bridgehead atoms. The lowest BCUT2D eigenvalue weighted by atomic mass is 9.83. The zero-order chi connectivity index (χ0) is 35.4. The number of aryl methyl sites for hydroxylation is 4. The predicted octanol–water partition coefficient (Wildman–Crippen LogP) is 8.65. The van der Waals surface area contributed by atoms with Gasteiger partial charge in [0.2, 0.25) is 0 Å². The molecule has 0 atom stereocenters. The van der Waals surface area contributed by atoms with Crippen LogP contribution in [0.3, 0.4) is 0 Å². The Kier molecular flexibility index (Phi) is 10.4. The fraction of sp³-hybridized carbons (Fsp3) is 0.310. The summed E-state index contributed by atoms with van der Waals surface area (Å²) in [6.07, 6.45) is 4.31. The van der Waals surface area contributed by atoms with E-state index in [4.69, 9.17) is 15.0 Å². The number of nitrogens with zero attached hydrogens (tertiary/aromatic N) is 4. The van der Waals surface area contributed by atoms with Crippen molar-refractivity contribution >= 4 is 39.3 Å². The Balaban J connectivity index is 1.39. The molecule has 8 heteroatoms. The molecule has 8 nitrogen and oxygen atoms in total. The van der Waals surface area contributed by atoms with E-state index in [2.05, 4.69) is 79.8 Å². The average Bonchev–Trinajstić information content (AvgIpc) is 3.10. The Morgan fingerprint density at radius 2 is 1.08 bits per heavy atom. The van der Waals surface area contributed by atoms with Crippen molar-refractivity contribution in [1.82, 2.24) is 25.3 Å². The van der Waals surface area contributed by atoms with Crippen molar-refractivity contribution in [3.63, 3.8) is 0 Å². The maximum Gasteiger partial charge on any atom is 0.270 e. The normalized spacial score (nSPS) is 11.3. The van der Waals surface area contributed by atoms with Gasteiger partial charge in [-0.3, -0.25) is 9.78 Å². The van der Waals surface area contributed by atoms with E-state index in [1.54, 1.807) is 12.3 Å². The molecule has 2 aromatic carbocycles. The molecule has 0 aliphatic heterocycles. The molecule has 6 aromatic rings. The van der Waals surface area contributed by atoms with Crippen LogP contribution in [-0.4, -0.2) is 25.8 Å². The van der Waals surface area contributed by atoms with Crippen molar-refractivity contribution in [2.45, 2.75) is 87.4 Å². The van der Waals surface area contributed by atoms with Gasteiger partial charge in [0.15, 0.2) is 0 Å². The van der Waals surface area contributed by atoms with Gasteiger partial charge in [-0.15, -0.1) is 0 Å². The number of rotatable bonds is 12. The first-order valence-electron chi connectivity index (χ1n) is 17.7. The number of carbonyl (C=O) groups excluding carboxylic acids is 1. The van der Waals surface area contributed by atoms with Crippen molar-refractivity contribution in [1.29, 1.82) is 0 Å². The second-order valence-electron chi connectivity index (χ2n) is 13.1. The van der Waals surface area contributed by atoms with E-state index in [0.717, 1.165) is 64.1 Å². The molecule has 0 saturated heterocycles. The fourth-order valence-electron chi connectivity index (χ4n) is 7.34. The molecule has 3 N–H and O–H groups in total. The molecule has 6 rings (SSSR count). The molecule has 4 aromatic heterocycles. The van der Waals surface area contributed by atoms with Crippen molar-refractivity contribution in [2.24, 2.45) is 0 Å². The van der Waals surface area contributed by atoms with E-state index in [9.17, 15) is 4.79 Å². The predicted molar refractivity (Wildman–Crippen MR) is 205 cm³/mol. The van der Waals surface area contributed by atoms with Gasteiger partial charge in [-0.25, -0.2) is 15.0 Å². The molecule has 0 aliphatic carbocycles. The Labute approximate surface area is 295 Å². The smallest absolute Gasteiger partial charge is 0.270 e. The first-order valence-corrected chi connectivity index (χ1v) is 17.7. The first-order chi connectivity index (χ1) is 24.2. The Hall–Kier alpha value is -5.37. The van der Waals surface area contributed by atoms with Crippen LogP contribution in [-0.2, 0) is 38.9 Å². The van der Waals surface area contributed by atoms with E-state index in [1.807, 2.05) is 44.2 Å². The third kappa shape index (κ3) is 7.30. The highest BCUT2D eigenvalue weighted by molar-refractivity contribution is 6.04. The van der Waals surface area contributed by atoms with Crippen LogP contribution in [0, 0.1) is 27.7 Å². The number of benzene rings is 2. The van der Waals surface area contributed by atoms with Gasteiger partial charge in [-0.1, -0.05) is 45.0 Å². The summed E-state index contributed by atoms with van der Waals surface area (Å²) in [7, 11) is 0. The molecular formula is C42H47N7O. The summed E-state index contributed by atoms with van der Waals surface area (Å²) in [5, 5.41) is 12.5. The van der Waals surface area contributed by atoms with Crippen LogP contribution in [0.25, 0.3) is 21.8 Å². The molecule has 0 saturated carbocycles. The molecule has 0 radical (unpaired) electrons. The monoisotopic (exact) mass is 665 g/mol. The second-order valence-corrected chi connectivity index (χ2v) is 13.1. The van der Waals surface area contributed by atoms with Gasteiger partial charge in [0.1, 0.15) is 17.3 Å². The fourth-order valence-corrected chi connectivity index (χ4v) is 7.34. The molecule has 4 heterocycles. The van der Waals surface area contributed by atoms with Crippen LogP contribution in [0.15, 0.2) is 66.9 Å². The Morgan fingerprint density at radius 3 is 1.60 bits per heavy atom. The highest BCUT2D eigenvalue weighted by atomic mass is 16.1. The maximum atomic E-state index is 13.8. The molecule has 256 valence electrons. The number of hydrogen-bond donors (Lipinski definition) is 3. The number of anilines is 2. The third-order valence-corrected chi connectivity index (χ3v) is 9.42. The molecule has 0 aliphatic rings. The Morgan fingerprint density at radius 1 is 0.580 bits per heavy atom. The van der Waals surface area contributed by atoms with Gasteiger partial charge in [-0.05, 0) is 128 Å². The zero-order valence-corrected chi connectivity index (χ0v) is 30.3. The third-order valence-electron chi connectivity index (χ3n) is 9.42. The van der Waals surface area contributed by atoms with Gasteiger partial charge in [-0.2, -0.15) is 0 Å². The van der Waals surface area contributed by atoms with E-state index >= 15 is 0 Å². The van der Waals surface area contributed by atoms with Crippen molar-refractivity contribution in [3.8, 4) is 0 Å². The van der Waals surface area contributed by atoms with Crippen LogP contribution >= 0.6 is 0 Å². The summed E-state index contributed by atoms with van der Waals surface area (Å²) < 4.78 is 0. The van der Waals surface area contributed by atoms with Crippen LogP contribution < -0.4 is 16.0 Å². The summed E-state index contributed by atoms with van der Waals surface area (Å²) in [6, 6.07) is 20.1. The van der Waals surface area contributed by atoms with Gasteiger partial charge >= 0.3 is 0 Å². The number of amides is 1. The summed E-state index contributed by atoms with van der Waals surface area (Å²) in [4.78, 5) is 32.7. The lowest BCUT2D eigenvalue weighted by Gasteiger charge is -2.27. The SMILES string of the molecule is CCc1c(CNC(=O)c2ccc3ccc4cccnc4c3n2)c(CC)c(CNc2cc(C)cc(C)n2)c(CC)c1CNc1cc(C)cc(C)n1. The van der Waals surface area contributed by atoms with Gasteiger partial charge < -0.3 is 16.0 Å². The lowest BCUT2D eigenvalue weighted by molar-refractivity contribution is 0.0946. The van der Waals surface area contributed by atoms with E-state index in [0.29, 0.717) is 25.3 Å². The number of fused-ring (bicyclic) bond motifs is 3. The highest BCUT2D eigenvalue weighted by Crippen LogP contribution is 2.32. The Bertz CT molecular complexity index is 2080. The largest absolute Gasteiger partial charge is 0.366 e. The minimum atomic E-state index is -0.207. The van der Waals surface area contributed by atoms with Crippen LogP contribution in [0.1, 0.15) is 87.2 Å². The van der Waals surface area contributed by atoms with Gasteiger partial charge in [0.05, 0.1) is 11.0 Å².